The molecule has 1 aromatic carbocycles. The minimum absolute atomic E-state index is 0.0746. The third-order valence-electron chi connectivity index (χ3n) is 2.56. The zero-order valence-corrected chi connectivity index (χ0v) is 8.79. The molecular formula is C11H14FN3O. The number of anilines is 2. The van der Waals surface area contributed by atoms with Crippen molar-refractivity contribution in [3.05, 3.63) is 24.0 Å². The number of hydrogen-bond acceptors (Lipinski definition) is 3. The van der Waals surface area contributed by atoms with E-state index in [-0.39, 0.29) is 17.8 Å². The smallest absolute Gasteiger partial charge is 0.220 e. The largest absolute Gasteiger partial charge is 0.399 e. The summed E-state index contributed by atoms with van der Waals surface area (Å²) in [4.78, 5) is 11.0. The minimum atomic E-state index is -0.363. The van der Waals surface area contributed by atoms with Crippen LogP contribution in [0.15, 0.2) is 18.2 Å². The van der Waals surface area contributed by atoms with Crippen LogP contribution in [-0.4, -0.2) is 18.5 Å². The summed E-state index contributed by atoms with van der Waals surface area (Å²) in [6.45, 7) is 0.592. The predicted molar refractivity (Wildman–Crippen MR) is 60.5 cm³/mol. The van der Waals surface area contributed by atoms with Gasteiger partial charge in [-0.2, -0.15) is 0 Å². The van der Waals surface area contributed by atoms with Crippen molar-refractivity contribution in [3.63, 3.8) is 0 Å². The first-order valence-electron chi connectivity index (χ1n) is 5.23. The van der Waals surface area contributed by atoms with Crippen LogP contribution in [-0.2, 0) is 4.79 Å². The maximum absolute atomic E-state index is 13.0. The van der Waals surface area contributed by atoms with Gasteiger partial charge in [-0.05, 0) is 24.6 Å². The van der Waals surface area contributed by atoms with E-state index in [1.165, 1.54) is 12.1 Å². The van der Waals surface area contributed by atoms with Crippen molar-refractivity contribution in [1.82, 2.24) is 5.32 Å². The van der Waals surface area contributed by atoms with Gasteiger partial charge in [0.05, 0.1) is 0 Å². The second-order valence-corrected chi connectivity index (χ2v) is 3.96. The number of benzene rings is 1. The molecule has 1 atom stereocenters. The van der Waals surface area contributed by atoms with Gasteiger partial charge in [-0.25, -0.2) is 4.39 Å². The number of nitrogen functional groups attached to an aromatic ring is 1. The van der Waals surface area contributed by atoms with Crippen LogP contribution in [0.3, 0.4) is 0 Å². The molecule has 0 aliphatic carbocycles. The van der Waals surface area contributed by atoms with Crippen molar-refractivity contribution < 1.29 is 9.18 Å². The Bertz CT molecular complexity index is 388. The standard InChI is InChI=1S/C11H14FN3O/c12-7-3-8(13)5-10(4-7)14-6-9-1-2-11(16)15-9/h3-5,9,14H,1-2,6,13H2,(H,15,16). The van der Waals surface area contributed by atoms with Gasteiger partial charge in [-0.15, -0.1) is 0 Å². The number of halogens is 1. The fourth-order valence-electron chi connectivity index (χ4n) is 1.79. The number of carbonyl (C=O) groups is 1. The Labute approximate surface area is 93.0 Å². The third kappa shape index (κ3) is 2.62. The molecule has 86 valence electrons. The van der Waals surface area contributed by atoms with Crippen LogP contribution < -0.4 is 16.4 Å². The van der Waals surface area contributed by atoms with E-state index in [4.69, 9.17) is 5.73 Å². The van der Waals surface area contributed by atoms with Crippen LogP contribution >= 0.6 is 0 Å². The van der Waals surface area contributed by atoms with Gasteiger partial charge in [0, 0.05) is 30.4 Å². The second-order valence-electron chi connectivity index (χ2n) is 3.96. The topological polar surface area (TPSA) is 67.1 Å². The van der Waals surface area contributed by atoms with Crippen LogP contribution in [0, 0.1) is 5.82 Å². The third-order valence-corrected chi connectivity index (χ3v) is 2.56. The van der Waals surface area contributed by atoms with E-state index in [1.807, 2.05) is 0 Å². The Morgan fingerprint density at radius 1 is 1.50 bits per heavy atom. The highest BCUT2D eigenvalue weighted by Crippen LogP contribution is 2.16. The van der Waals surface area contributed by atoms with Gasteiger partial charge in [-0.3, -0.25) is 4.79 Å². The summed E-state index contributed by atoms with van der Waals surface area (Å²) in [5.74, 6) is -0.288. The minimum Gasteiger partial charge on any atom is -0.399 e. The number of amides is 1. The molecule has 0 aromatic heterocycles. The number of nitrogens with two attached hydrogens (primary N) is 1. The summed E-state index contributed by atoms with van der Waals surface area (Å²) < 4.78 is 13.0. The van der Waals surface area contributed by atoms with E-state index >= 15 is 0 Å². The highest BCUT2D eigenvalue weighted by Gasteiger charge is 2.19. The van der Waals surface area contributed by atoms with Gasteiger partial charge in [0.15, 0.2) is 0 Å². The van der Waals surface area contributed by atoms with E-state index < -0.39 is 0 Å². The van der Waals surface area contributed by atoms with Gasteiger partial charge in [0.2, 0.25) is 5.91 Å². The molecule has 2 rings (SSSR count). The summed E-state index contributed by atoms with van der Waals surface area (Å²) in [5.41, 5.74) is 6.54. The van der Waals surface area contributed by atoms with Crippen molar-refractivity contribution in [2.24, 2.45) is 0 Å². The molecular weight excluding hydrogens is 209 g/mol. The number of rotatable bonds is 3. The molecule has 1 saturated heterocycles. The average molecular weight is 223 g/mol. The quantitative estimate of drug-likeness (QED) is 0.672. The summed E-state index contributed by atoms with van der Waals surface area (Å²) in [7, 11) is 0. The van der Waals surface area contributed by atoms with Crippen molar-refractivity contribution in [3.8, 4) is 0 Å². The van der Waals surface area contributed by atoms with Crippen LogP contribution in [0.5, 0.6) is 0 Å². The number of hydrogen-bond donors (Lipinski definition) is 3. The Hall–Kier alpha value is -1.78. The first-order valence-corrected chi connectivity index (χ1v) is 5.23. The molecule has 16 heavy (non-hydrogen) atoms. The lowest BCUT2D eigenvalue weighted by Crippen LogP contribution is -2.31. The molecule has 1 unspecified atom stereocenters. The predicted octanol–water partition coefficient (Wildman–Crippen LogP) is 1.10. The van der Waals surface area contributed by atoms with Crippen molar-refractivity contribution in [2.75, 3.05) is 17.6 Å². The van der Waals surface area contributed by atoms with Crippen LogP contribution in [0.25, 0.3) is 0 Å². The molecule has 1 heterocycles. The average Bonchev–Trinajstić information content (AvgIpc) is 2.60. The van der Waals surface area contributed by atoms with Gasteiger partial charge in [-0.1, -0.05) is 0 Å². The van der Waals surface area contributed by atoms with Crippen molar-refractivity contribution in [1.29, 1.82) is 0 Å². The van der Waals surface area contributed by atoms with Gasteiger partial charge >= 0.3 is 0 Å². The second kappa shape index (κ2) is 4.38. The fraction of sp³-hybridized carbons (Fsp3) is 0.364. The molecule has 1 amide bonds. The van der Waals surface area contributed by atoms with E-state index in [0.29, 0.717) is 24.3 Å². The Kier molecular flexibility index (Phi) is 2.94. The number of nitrogens with one attached hydrogen (secondary N) is 2. The Morgan fingerprint density at radius 2 is 2.31 bits per heavy atom. The van der Waals surface area contributed by atoms with Crippen molar-refractivity contribution in [2.45, 2.75) is 18.9 Å². The molecule has 4 N–H and O–H groups in total. The van der Waals surface area contributed by atoms with E-state index in [1.54, 1.807) is 6.07 Å². The maximum atomic E-state index is 13.0. The maximum Gasteiger partial charge on any atom is 0.220 e. The first kappa shape index (κ1) is 10.7. The first-order chi connectivity index (χ1) is 7.63. The van der Waals surface area contributed by atoms with Crippen molar-refractivity contribution >= 4 is 17.3 Å². The summed E-state index contributed by atoms with van der Waals surface area (Å²) in [6, 6.07) is 4.44. The summed E-state index contributed by atoms with van der Waals surface area (Å²) in [5, 5.41) is 5.88. The highest BCUT2D eigenvalue weighted by atomic mass is 19.1. The SMILES string of the molecule is Nc1cc(F)cc(NCC2CCC(=O)N2)c1. The lowest BCUT2D eigenvalue weighted by Gasteiger charge is -2.12. The molecule has 4 nitrogen and oxygen atoms in total. The zero-order chi connectivity index (χ0) is 11.5. The van der Waals surface area contributed by atoms with E-state index in [0.717, 1.165) is 6.42 Å². The summed E-state index contributed by atoms with van der Waals surface area (Å²) >= 11 is 0. The van der Waals surface area contributed by atoms with Gasteiger partial charge < -0.3 is 16.4 Å². The van der Waals surface area contributed by atoms with E-state index in [2.05, 4.69) is 10.6 Å². The molecule has 5 heteroatoms. The summed E-state index contributed by atoms with van der Waals surface area (Å²) in [6.07, 6.45) is 1.38. The Balaban J connectivity index is 1.91. The van der Waals surface area contributed by atoms with Crippen LogP contribution in [0.1, 0.15) is 12.8 Å². The fourth-order valence-corrected chi connectivity index (χ4v) is 1.79. The van der Waals surface area contributed by atoms with Gasteiger partial charge in [0.25, 0.3) is 0 Å². The molecule has 1 aliphatic rings. The zero-order valence-electron chi connectivity index (χ0n) is 8.79. The Morgan fingerprint density at radius 3 is 2.94 bits per heavy atom. The van der Waals surface area contributed by atoms with Crippen LogP contribution in [0.4, 0.5) is 15.8 Å². The molecule has 0 spiro atoms. The molecule has 0 bridgehead atoms. The highest BCUT2D eigenvalue weighted by molar-refractivity contribution is 5.78. The molecule has 1 aromatic rings. The van der Waals surface area contributed by atoms with Gasteiger partial charge in [0.1, 0.15) is 5.82 Å². The monoisotopic (exact) mass is 223 g/mol. The van der Waals surface area contributed by atoms with E-state index in [9.17, 15) is 9.18 Å². The lowest BCUT2D eigenvalue weighted by molar-refractivity contribution is -0.119. The molecule has 0 saturated carbocycles. The van der Waals surface area contributed by atoms with Crippen LogP contribution in [0.2, 0.25) is 0 Å². The number of carbonyl (C=O) groups excluding carboxylic acids is 1. The molecule has 1 fully saturated rings. The molecule has 1 aliphatic heterocycles. The lowest BCUT2D eigenvalue weighted by atomic mass is 10.2. The normalized spacial score (nSPS) is 19.6. The molecule has 0 radical (unpaired) electrons.